The zero-order valence-corrected chi connectivity index (χ0v) is 11.9. The van der Waals surface area contributed by atoms with E-state index in [1.165, 1.54) is 25.8 Å². The van der Waals surface area contributed by atoms with Crippen molar-refractivity contribution < 1.29 is 19.8 Å². The lowest BCUT2D eigenvalue weighted by molar-refractivity contribution is -0.147. The minimum atomic E-state index is -1.26. The fourth-order valence-corrected chi connectivity index (χ4v) is 2.33. The van der Waals surface area contributed by atoms with Gasteiger partial charge in [0.2, 0.25) is 0 Å². The number of carbonyl (C=O) groups excluding carboxylic acids is 1. The summed E-state index contributed by atoms with van der Waals surface area (Å²) in [5, 5.41) is 18.3. The quantitative estimate of drug-likeness (QED) is 0.786. The number of rotatable bonds is 5. The number of carboxylic acid groups (broad SMARTS) is 1. The first kappa shape index (κ1) is 15.8. The molecule has 0 unspecified atom stereocenters. The highest BCUT2D eigenvalue weighted by molar-refractivity contribution is 5.85. The summed E-state index contributed by atoms with van der Waals surface area (Å²) in [5.41, 5.74) is -1.26. The van der Waals surface area contributed by atoms with Crippen LogP contribution in [0.25, 0.3) is 0 Å². The number of hydrogen-bond acceptors (Lipinski definition) is 3. The van der Waals surface area contributed by atoms with E-state index in [0.717, 1.165) is 25.7 Å². The van der Waals surface area contributed by atoms with Crippen LogP contribution in [0.3, 0.4) is 0 Å². The number of amides is 2. The van der Waals surface area contributed by atoms with E-state index in [0.29, 0.717) is 0 Å². The van der Waals surface area contributed by atoms with Gasteiger partial charge in [-0.25, -0.2) is 9.59 Å². The topological polar surface area (TPSA) is 81.1 Å². The fraction of sp³-hybridized carbons (Fsp3) is 0.846. The third kappa shape index (κ3) is 3.37. The Balaban J connectivity index is 2.83. The number of hydrogen-bond donors (Lipinski definition) is 2. The van der Waals surface area contributed by atoms with E-state index in [4.69, 9.17) is 5.11 Å². The van der Waals surface area contributed by atoms with E-state index in [1.54, 1.807) is 4.90 Å². The first-order valence-electron chi connectivity index (χ1n) is 6.71. The Hall–Kier alpha value is -1.30. The molecule has 1 fully saturated rings. The third-order valence-electron chi connectivity index (χ3n) is 4.00. The second-order valence-corrected chi connectivity index (χ2v) is 5.56. The van der Waals surface area contributed by atoms with Crippen molar-refractivity contribution in [1.29, 1.82) is 0 Å². The Labute approximate surface area is 114 Å². The van der Waals surface area contributed by atoms with Crippen molar-refractivity contribution in [3.8, 4) is 0 Å². The van der Waals surface area contributed by atoms with E-state index in [9.17, 15) is 14.7 Å². The molecule has 1 saturated carbocycles. The first-order valence-corrected chi connectivity index (χ1v) is 6.71. The molecular weight excluding hydrogens is 248 g/mol. The standard InChI is InChI=1S/C13H24N2O4/c1-13(2,11(17)18)14(3)12(19)15(8-9-16)10-6-4-5-7-10/h10,16H,4-9H2,1-3H3,(H,17,18). The van der Waals surface area contributed by atoms with Gasteiger partial charge in [-0.2, -0.15) is 0 Å². The number of aliphatic hydroxyl groups is 1. The molecule has 1 aliphatic carbocycles. The average molecular weight is 272 g/mol. The second kappa shape index (κ2) is 6.23. The Morgan fingerprint density at radius 3 is 2.21 bits per heavy atom. The number of urea groups is 1. The predicted molar refractivity (Wildman–Crippen MR) is 70.9 cm³/mol. The van der Waals surface area contributed by atoms with Gasteiger partial charge in [0.1, 0.15) is 5.54 Å². The maximum atomic E-state index is 12.4. The molecule has 1 aliphatic rings. The summed E-state index contributed by atoms with van der Waals surface area (Å²) < 4.78 is 0. The lowest BCUT2D eigenvalue weighted by atomic mass is 10.0. The van der Waals surface area contributed by atoms with Crippen molar-refractivity contribution in [2.45, 2.75) is 51.1 Å². The number of carbonyl (C=O) groups is 2. The highest BCUT2D eigenvalue weighted by Gasteiger charge is 2.39. The minimum Gasteiger partial charge on any atom is -0.480 e. The van der Waals surface area contributed by atoms with Crippen LogP contribution in [-0.4, -0.2) is 63.8 Å². The molecule has 0 saturated heterocycles. The van der Waals surface area contributed by atoms with Gasteiger partial charge in [-0.1, -0.05) is 12.8 Å². The number of aliphatic carboxylic acids is 1. The average Bonchev–Trinajstić information content (AvgIpc) is 2.87. The van der Waals surface area contributed by atoms with Gasteiger partial charge in [-0.3, -0.25) is 0 Å². The third-order valence-corrected chi connectivity index (χ3v) is 4.00. The van der Waals surface area contributed by atoms with Crippen LogP contribution < -0.4 is 0 Å². The Bertz CT molecular complexity index is 338. The monoisotopic (exact) mass is 272 g/mol. The second-order valence-electron chi connectivity index (χ2n) is 5.56. The summed E-state index contributed by atoms with van der Waals surface area (Å²) in [5.74, 6) is -1.04. The SMILES string of the molecule is CN(C(=O)N(CCO)C1CCCC1)C(C)(C)C(=O)O. The van der Waals surface area contributed by atoms with Crippen LogP contribution in [0.1, 0.15) is 39.5 Å². The van der Waals surface area contributed by atoms with Crippen LogP contribution in [0.4, 0.5) is 4.79 Å². The molecule has 0 spiro atoms. The van der Waals surface area contributed by atoms with E-state index in [-0.39, 0.29) is 25.2 Å². The Morgan fingerprint density at radius 2 is 1.79 bits per heavy atom. The molecule has 0 heterocycles. The maximum absolute atomic E-state index is 12.4. The lowest BCUT2D eigenvalue weighted by Gasteiger charge is -2.38. The van der Waals surface area contributed by atoms with Crippen molar-refractivity contribution in [2.75, 3.05) is 20.2 Å². The highest BCUT2D eigenvalue weighted by atomic mass is 16.4. The molecule has 0 aliphatic heterocycles. The van der Waals surface area contributed by atoms with Gasteiger partial charge in [-0.15, -0.1) is 0 Å². The number of likely N-dealkylation sites (N-methyl/N-ethyl adjacent to an activating group) is 1. The van der Waals surface area contributed by atoms with E-state index < -0.39 is 11.5 Å². The van der Waals surface area contributed by atoms with Gasteiger partial charge in [0, 0.05) is 19.6 Å². The van der Waals surface area contributed by atoms with Crippen molar-refractivity contribution >= 4 is 12.0 Å². The summed E-state index contributed by atoms with van der Waals surface area (Å²) in [6.45, 7) is 3.14. The number of carboxylic acids is 1. The predicted octanol–water partition coefficient (Wildman–Crippen LogP) is 1.14. The molecule has 1 rings (SSSR count). The van der Waals surface area contributed by atoms with E-state index in [2.05, 4.69) is 0 Å². The van der Waals surface area contributed by atoms with Gasteiger partial charge >= 0.3 is 12.0 Å². The smallest absolute Gasteiger partial charge is 0.329 e. The molecular formula is C13H24N2O4. The van der Waals surface area contributed by atoms with Crippen LogP contribution in [0.2, 0.25) is 0 Å². The number of aliphatic hydroxyl groups excluding tert-OH is 1. The van der Waals surface area contributed by atoms with Crippen LogP contribution >= 0.6 is 0 Å². The molecule has 2 amide bonds. The summed E-state index contributed by atoms with van der Waals surface area (Å²) in [7, 11) is 1.50. The summed E-state index contributed by atoms with van der Waals surface area (Å²) >= 11 is 0. The molecule has 0 aromatic rings. The van der Waals surface area contributed by atoms with E-state index in [1.807, 2.05) is 0 Å². The first-order chi connectivity index (χ1) is 8.82. The highest BCUT2D eigenvalue weighted by Crippen LogP contribution is 2.25. The molecule has 0 aromatic carbocycles. The molecule has 0 aromatic heterocycles. The van der Waals surface area contributed by atoms with Crippen LogP contribution in [-0.2, 0) is 4.79 Å². The molecule has 0 bridgehead atoms. The Kier molecular flexibility index (Phi) is 5.17. The van der Waals surface area contributed by atoms with Gasteiger partial charge in [0.25, 0.3) is 0 Å². The molecule has 2 N–H and O–H groups in total. The largest absolute Gasteiger partial charge is 0.480 e. The van der Waals surface area contributed by atoms with Crippen LogP contribution in [0.5, 0.6) is 0 Å². The minimum absolute atomic E-state index is 0.108. The zero-order valence-electron chi connectivity index (χ0n) is 11.9. The van der Waals surface area contributed by atoms with Crippen molar-refractivity contribution in [3.05, 3.63) is 0 Å². The molecule has 0 atom stereocenters. The molecule has 6 heteroatoms. The van der Waals surface area contributed by atoms with Crippen molar-refractivity contribution in [2.24, 2.45) is 0 Å². The molecule has 110 valence electrons. The van der Waals surface area contributed by atoms with Gasteiger partial charge in [0.05, 0.1) is 6.61 Å². The zero-order chi connectivity index (χ0) is 14.6. The van der Waals surface area contributed by atoms with Crippen molar-refractivity contribution in [1.82, 2.24) is 9.80 Å². The van der Waals surface area contributed by atoms with Crippen molar-refractivity contribution in [3.63, 3.8) is 0 Å². The maximum Gasteiger partial charge on any atom is 0.329 e. The van der Waals surface area contributed by atoms with E-state index >= 15 is 0 Å². The molecule has 19 heavy (non-hydrogen) atoms. The van der Waals surface area contributed by atoms with Gasteiger partial charge in [0.15, 0.2) is 0 Å². The normalized spacial score (nSPS) is 16.4. The Morgan fingerprint density at radius 1 is 1.26 bits per heavy atom. The summed E-state index contributed by atoms with van der Waals surface area (Å²) in [6.07, 6.45) is 4.00. The lowest BCUT2D eigenvalue weighted by Crippen LogP contribution is -2.57. The fourth-order valence-electron chi connectivity index (χ4n) is 2.33. The molecule has 0 radical (unpaired) electrons. The summed E-state index contributed by atoms with van der Waals surface area (Å²) in [6, 6.07) is -0.208. The summed E-state index contributed by atoms with van der Waals surface area (Å²) in [4.78, 5) is 26.5. The van der Waals surface area contributed by atoms with Gasteiger partial charge in [-0.05, 0) is 26.7 Å². The van der Waals surface area contributed by atoms with Crippen LogP contribution in [0, 0.1) is 0 Å². The number of nitrogens with zero attached hydrogens (tertiary/aromatic N) is 2. The van der Waals surface area contributed by atoms with Gasteiger partial charge < -0.3 is 20.0 Å². The molecule has 6 nitrogen and oxygen atoms in total. The van der Waals surface area contributed by atoms with Crippen LogP contribution in [0.15, 0.2) is 0 Å².